The first-order chi connectivity index (χ1) is 8.13. The molecular formula is C11H16FN3O2. The molecule has 0 bridgehead atoms. The monoisotopic (exact) mass is 241 g/mol. The molecule has 0 amide bonds. The molecule has 0 aliphatic carbocycles. The van der Waals surface area contributed by atoms with Crippen molar-refractivity contribution >= 4 is 11.8 Å². The summed E-state index contributed by atoms with van der Waals surface area (Å²) in [5.41, 5.74) is 0.346. The highest BCUT2D eigenvalue weighted by Gasteiger charge is 2.17. The average molecular weight is 241 g/mol. The smallest absolute Gasteiger partial charge is 0.325 e. The van der Waals surface area contributed by atoms with Gasteiger partial charge in [-0.15, -0.1) is 0 Å². The molecule has 0 saturated carbocycles. The van der Waals surface area contributed by atoms with Gasteiger partial charge in [0.2, 0.25) is 0 Å². The van der Waals surface area contributed by atoms with Crippen LogP contribution in [0.5, 0.6) is 0 Å². The van der Waals surface area contributed by atoms with Crippen LogP contribution in [0.1, 0.15) is 19.5 Å². The fourth-order valence-electron chi connectivity index (χ4n) is 1.42. The summed E-state index contributed by atoms with van der Waals surface area (Å²) in [5, 5.41) is 0. The maximum atomic E-state index is 13.9. The zero-order valence-corrected chi connectivity index (χ0v) is 10.2. The number of aromatic nitrogens is 2. The van der Waals surface area contributed by atoms with Crippen LogP contribution < -0.4 is 4.90 Å². The molecule has 94 valence electrons. The predicted octanol–water partition coefficient (Wildman–Crippen LogP) is 1.18. The maximum absolute atomic E-state index is 13.9. The van der Waals surface area contributed by atoms with Crippen LogP contribution in [-0.4, -0.2) is 36.1 Å². The lowest BCUT2D eigenvalue weighted by molar-refractivity contribution is -0.138. The summed E-state index contributed by atoms with van der Waals surface area (Å²) in [6, 6.07) is 0. The highest BCUT2D eigenvalue weighted by molar-refractivity contribution is 5.75. The van der Waals surface area contributed by atoms with Crippen LogP contribution in [0.3, 0.4) is 0 Å². The second kappa shape index (κ2) is 6.12. The molecule has 0 saturated heterocycles. The molecule has 5 nitrogen and oxygen atoms in total. The van der Waals surface area contributed by atoms with E-state index in [-0.39, 0.29) is 12.4 Å². The molecule has 0 fully saturated rings. The lowest BCUT2D eigenvalue weighted by atomic mass is 10.3. The van der Waals surface area contributed by atoms with Gasteiger partial charge >= 0.3 is 5.97 Å². The minimum absolute atomic E-state index is 0.0237. The Morgan fingerprint density at radius 1 is 1.47 bits per heavy atom. The van der Waals surface area contributed by atoms with Crippen molar-refractivity contribution in [2.75, 3.05) is 25.1 Å². The zero-order valence-electron chi connectivity index (χ0n) is 10.2. The number of aryl methyl sites for hydroxylation is 1. The van der Waals surface area contributed by atoms with Crippen LogP contribution in [0.15, 0.2) is 6.33 Å². The van der Waals surface area contributed by atoms with E-state index in [1.807, 2.05) is 13.8 Å². The second-order valence-corrected chi connectivity index (χ2v) is 3.40. The number of ether oxygens (including phenoxy) is 1. The van der Waals surface area contributed by atoms with Gasteiger partial charge in [0.25, 0.3) is 0 Å². The highest BCUT2D eigenvalue weighted by atomic mass is 19.1. The first kappa shape index (κ1) is 13.3. The number of hydrogen-bond acceptors (Lipinski definition) is 5. The largest absolute Gasteiger partial charge is 0.468 e. The molecule has 6 heteroatoms. The number of esters is 1. The number of halogens is 1. The van der Waals surface area contributed by atoms with Crippen LogP contribution in [0.25, 0.3) is 0 Å². The molecule has 0 atom stereocenters. The zero-order chi connectivity index (χ0) is 12.8. The molecule has 0 spiro atoms. The van der Waals surface area contributed by atoms with Crippen molar-refractivity contribution in [3.05, 3.63) is 17.8 Å². The van der Waals surface area contributed by atoms with Crippen LogP contribution in [0.2, 0.25) is 0 Å². The van der Waals surface area contributed by atoms with Gasteiger partial charge < -0.3 is 9.64 Å². The third-order valence-corrected chi connectivity index (χ3v) is 2.41. The fourth-order valence-corrected chi connectivity index (χ4v) is 1.42. The number of anilines is 1. The number of methoxy groups -OCH3 is 1. The molecule has 0 aliphatic rings. The van der Waals surface area contributed by atoms with Crippen molar-refractivity contribution in [1.82, 2.24) is 9.97 Å². The van der Waals surface area contributed by atoms with Crippen LogP contribution in [0, 0.1) is 5.82 Å². The molecule has 1 aromatic rings. The van der Waals surface area contributed by atoms with E-state index in [4.69, 9.17) is 0 Å². The summed E-state index contributed by atoms with van der Waals surface area (Å²) in [7, 11) is 1.30. The van der Waals surface area contributed by atoms with Gasteiger partial charge in [-0.1, -0.05) is 6.92 Å². The van der Waals surface area contributed by atoms with Crippen LogP contribution >= 0.6 is 0 Å². The molecule has 1 heterocycles. The van der Waals surface area contributed by atoms with Crippen molar-refractivity contribution in [3.63, 3.8) is 0 Å². The van der Waals surface area contributed by atoms with Crippen molar-refractivity contribution in [2.24, 2.45) is 0 Å². The first-order valence-electron chi connectivity index (χ1n) is 5.45. The summed E-state index contributed by atoms with van der Waals surface area (Å²) < 4.78 is 18.5. The standard InChI is InChI=1S/C11H16FN3O2/c1-4-8-10(12)11(14-7-13-8)15(5-2)6-9(16)17-3/h7H,4-6H2,1-3H3. The van der Waals surface area contributed by atoms with Crippen molar-refractivity contribution in [2.45, 2.75) is 20.3 Å². The molecule has 0 N–H and O–H groups in total. The van der Waals surface area contributed by atoms with E-state index >= 15 is 0 Å². The molecule has 1 rings (SSSR count). The Kier molecular flexibility index (Phi) is 4.81. The predicted molar refractivity (Wildman–Crippen MR) is 61.3 cm³/mol. The number of hydrogen-bond donors (Lipinski definition) is 0. The minimum Gasteiger partial charge on any atom is -0.468 e. The second-order valence-electron chi connectivity index (χ2n) is 3.40. The Hall–Kier alpha value is -1.72. The SMILES string of the molecule is CCc1ncnc(N(CC)CC(=O)OC)c1F. The van der Waals surface area contributed by atoms with Gasteiger partial charge in [-0.25, -0.2) is 14.4 Å². The number of carbonyl (C=O) groups is 1. The number of carbonyl (C=O) groups excluding carboxylic acids is 1. The lowest BCUT2D eigenvalue weighted by Gasteiger charge is -2.21. The lowest BCUT2D eigenvalue weighted by Crippen LogP contribution is -2.32. The summed E-state index contributed by atoms with van der Waals surface area (Å²) in [6.45, 7) is 4.07. The number of likely N-dealkylation sites (N-methyl/N-ethyl adjacent to an activating group) is 1. The Bertz CT molecular complexity index is 398. The Labute approximate surface area is 99.6 Å². The van der Waals surface area contributed by atoms with E-state index in [1.54, 1.807) is 0 Å². The van der Waals surface area contributed by atoms with Gasteiger partial charge in [0, 0.05) is 6.54 Å². The van der Waals surface area contributed by atoms with Crippen LogP contribution in [0.4, 0.5) is 10.2 Å². The maximum Gasteiger partial charge on any atom is 0.325 e. The molecule has 0 aliphatic heterocycles. The fraction of sp³-hybridized carbons (Fsp3) is 0.545. The summed E-state index contributed by atoms with van der Waals surface area (Å²) in [4.78, 5) is 20.4. The topological polar surface area (TPSA) is 55.3 Å². The molecule has 17 heavy (non-hydrogen) atoms. The third kappa shape index (κ3) is 3.12. The normalized spacial score (nSPS) is 10.1. The molecule has 0 unspecified atom stereocenters. The van der Waals surface area contributed by atoms with Gasteiger partial charge in [-0.2, -0.15) is 0 Å². The average Bonchev–Trinajstić information content (AvgIpc) is 2.36. The quantitative estimate of drug-likeness (QED) is 0.724. The highest BCUT2D eigenvalue weighted by Crippen LogP contribution is 2.17. The van der Waals surface area contributed by atoms with Gasteiger partial charge in [0.1, 0.15) is 12.9 Å². The number of nitrogens with zero attached hydrogens (tertiary/aromatic N) is 3. The molecule has 1 aromatic heterocycles. The third-order valence-electron chi connectivity index (χ3n) is 2.41. The van der Waals surface area contributed by atoms with E-state index in [1.165, 1.54) is 18.3 Å². The van der Waals surface area contributed by atoms with Crippen molar-refractivity contribution in [1.29, 1.82) is 0 Å². The molecule has 0 aromatic carbocycles. The summed E-state index contributed by atoms with van der Waals surface area (Å²) in [5.74, 6) is -0.756. The van der Waals surface area contributed by atoms with Crippen molar-refractivity contribution in [3.8, 4) is 0 Å². The summed E-state index contributed by atoms with van der Waals surface area (Å²) in [6.07, 6.45) is 1.79. The van der Waals surface area contributed by atoms with Crippen molar-refractivity contribution < 1.29 is 13.9 Å². The van der Waals surface area contributed by atoms with Gasteiger partial charge in [-0.05, 0) is 13.3 Å². The number of rotatable bonds is 5. The Morgan fingerprint density at radius 3 is 2.71 bits per heavy atom. The van der Waals surface area contributed by atoms with E-state index in [9.17, 15) is 9.18 Å². The van der Waals surface area contributed by atoms with Gasteiger partial charge in [0.15, 0.2) is 11.6 Å². The van der Waals surface area contributed by atoms with E-state index < -0.39 is 11.8 Å². The Morgan fingerprint density at radius 2 is 2.18 bits per heavy atom. The first-order valence-corrected chi connectivity index (χ1v) is 5.45. The van der Waals surface area contributed by atoms with Crippen LogP contribution in [-0.2, 0) is 16.0 Å². The van der Waals surface area contributed by atoms with Gasteiger partial charge in [-0.3, -0.25) is 4.79 Å². The molecular weight excluding hydrogens is 225 g/mol. The van der Waals surface area contributed by atoms with E-state index in [0.29, 0.717) is 18.7 Å². The Balaban J connectivity index is 2.99. The van der Waals surface area contributed by atoms with E-state index in [0.717, 1.165) is 0 Å². The van der Waals surface area contributed by atoms with E-state index in [2.05, 4.69) is 14.7 Å². The minimum atomic E-state index is -0.472. The summed E-state index contributed by atoms with van der Waals surface area (Å²) >= 11 is 0. The molecule has 0 radical (unpaired) electrons. The van der Waals surface area contributed by atoms with Gasteiger partial charge in [0.05, 0.1) is 12.8 Å².